The van der Waals surface area contributed by atoms with Crippen LogP contribution in [-0.2, 0) is 14.8 Å². The smallest absolute Gasteiger partial charge is 0.324 e. The monoisotopic (exact) mass is 319 g/mol. The molecule has 0 amide bonds. The van der Waals surface area contributed by atoms with Gasteiger partial charge in [-0.15, -0.1) is 0 Å². The quantitative estimate of drug-likeness (QED) is 0.877. The van der Waals surface area contributed by atoms with Gasteiger partial charge in [0.15, 0.2) is 0 Å². The van der Waals surface area contributed by atoms with Crippen LogP contribution in [0.4, 0.5) is 0 Å². The molecule has 1 aliphatic rings. The minimum absolute atomic E-state index is 0.0486. The molecule has 0 bridgehead atoms. The first-order chi connectivity index (χ1) is 7.87. The van der Waals surface area contributed by atoms with Gasteiger partial charge in [0.25, 0.3) is 0 Å². The second-order valence-corrected chi connectivity index (χ2v) is 6.43. The summed E-state index contributed by atoms with van der Waals surface area (Å²) in [5.41, 5.74) is -1.31. The average molecular weight is 320 g/mol. The largest absolute Gasteiger partial charge is 0.480 e. The highest BCUT2D eigenvalue weighted by atomic mass is 79.9. The maximum absolute atomic E-state index is 12.0. The molecule has 2 N–H and O–H groups in total. The molecule has 0 heterocycles. The van der Waals surface area contributed by atoms with Gasteiger partial charge in [-0.3, -0.25) is 4.79 Å². The van der Waals surface area contributed by atoms with Crippen molar-refractivity contribution in [1.82, 2.24) is 4.72 Å². The number of carboxylic acid groups (broad SMARTS) is 1. The van der Waals surface area contributed by atoms with Crippen molar-refractivity contribution in [2.24, 2.45) is 0 Å². The van der Waals surface area contributed by atoms with E-state index in [2.05, 4.69) is 20.7 Å². The fourth-order valence-corrected chi connectivity index (χ4v) is 3.88. The standard InChI is InChI=1S/C10H10BrNO4S/c11-7-3-1-2-4-8(7)17(15,16)12-10(5-6-10)9(13)14/h1-4,12H,5-6H2,(H,13,14). The normalized spacial score (nSPS) is 17.7. The maximum Gasteiger partial charge on any atom is 0.324 e. The van der Waals surface area contributed by atoms with Crippen molar-refractivity contribution in [3.8, 4) is 0 Å². The number of aliphatic carboxylic acids is 1. The Balaban J connectivity index is 2.33. The van der Waals surface area contributed by atoms with E-state index in [9.17, 15) is 13.2 Å². The van der Waals surface area contributed by atoms with E-state index in [0.717, 1.165) is 0 Å². The van der Waals surface area contributed by atoms with E-state index in [1.165, 1.54) is 6.07 Å². The molecule has 5 nitrogen and oxygen atoms in total. The zero-order valence-corrected chi connectivity index (χ0v) is 11.1. The van der Waals surface area contributed by atoms with Gasteiger partial charge in [0.1, 0.15) is 5.54 Å². The van der Waals surface area contributed by atoms with Gasteiger partial charge in [0, 0.05) is 4.47 Å². The van der Waals surface area contributed by atoms with Crippen molar-refractivity contribution in [2.75, 3.05) is 0 Å². The number of carbonyl (C=O) groups is 1. The summed E-state index contributed by atoms with van der Waals surface area (Å²) >= 11 is 3.13. The summed E-state index contributed by atoms with van der Waals surface area (Å²) in [6, 6.07) is 6.28. The molecule has 0 unspecified atom stereocenters. The lowest BCUT2D eigenvalue weighted by Gasteiger charge is -2.13. The molecule has 1 aliphatic carbocycles. The summed E-state index contributed by atoms with van der Waals surface area (Å²) in [4.78, 5) is 11.0. The van der Waals surface area contributed by atoms with Crippen molar-refractivity contribution in [2.45, 2.75) is 23.3 Å². The first kappa shape index (κ1) is 12.5. The number of nitrogens with one attached hydrogen (secondary N) is 1. The highest BCUT2D eigenvalue weighted by Gasteiger charge is 2.53. The van der Waals surface area contributed by atoms with Crippen LogP contribution in [0, 0.1) is 0 Å². The van der Waals surface area contributed by atoms with Gasteiger partial charge in [0.05, 0.1) is 4.90 Å². The molecule has 92 valence electrons. The van der Waals surface area contributed by atoms with E-state index in [0.29, 0.717) is 17.3 Å². The number of sulfonamides is 1. The predicted octanol–water partition coefficient (Wildman–Crippen LogP) is 1.34. The lowest BCUT2D eigenvalue weighted by atomic mass is 10.3. The summed E-state index contributed by atoms with van der Waals surface area (Å²) in [6.45, 7) is 0. The first-order valence-electron chi connectivity index (χ1n) is 4.89. The van der Waals surface area contributed by atoms with Gasteiger partial charge in [-0.2, -0.15) is 4.72 Å². The van der Waals surface area contributed by atoms with Crippen LogP contribution in [0.2, 0.25) is 0 Å². The third-order valence-corrected chi connectivity index (χ3v) is 5.16. The second-order valence-electron chi connectivity index (χ2n) is 3.92. The molecular formula is C10H10BrNO4S. The zero-order chi connectivity index (χ0) is 12.7. The molecule has 0 spiro atoms. The molecule has 1 aromatic rings. The molecule has 1 aromatic carbocycles. The minimum Gasteiger partial charge on any atom is -0.480 e. The highest BCUT2D eigenvalue weighted by Crippen LogP contribution is 2.37. The molecule has 17 heavy (non-hydrogen) atoms. The Morgan fingerprint density at radius 1 is 1.35 bits per heavy atom. The molecular weight excluding hydrogens is 310 g/mol. The zero-order valence-electron chi connectivity index (χ0n) is 8.68. The van der Waals surface area contributed by atoms with Crippen LogP contribution >= 0.6 is 15.9 Å². The number of hydrogen-bond donors (Lipinski definition) is 2. The van der Waals surface area contributed by atoms with Crippen molar-refractivity contribution in [3.05, 3.63) is 28.7 Å². The van der Waals surface area contributed by atoms with Gasteiger partial charge in [0.2, 0.25) is 10.0 Å². The van der Waals surface area contributed by atoms with Crippen LogP contribution in [0.3, 0.4) is 0 Å². The summed E-state index contributed by atoms with van der Waals surface area (Å²) in [6.07, 6.45) is 0.651. The molecule has 0 atom stereocenters. The summed E-state index contributed by atoms with van der Waals surface area (Å²) in [7, 11) is -3.81. The first-order valence-corrected chi connectivity index (χ1v) is 7.17. The van der Waals surface area contributed by atoms with E-state index >= 15 is 0 Å². The lowest BCUT2D eigenvalue weighted by Crippen LogP contribution is -2.43. The van der Waals surface area contributed by atoms with Crippen molar-refractivity contribution < 1.29 is 18.3 Å². The topological polar surface area (TPSA) is 83.5 Å². The number of rotatable bonds is 4. The SMILES string of the molecule is O=C(O)C1(NS(=O)(=O)c2ccccc2Br)CC1. The molecule has 0 aromatic heterocycles. The van der Waals surface area contributed by atoms with Crippen LogP contribution in [-0.4, -0.2) is 25.0 Å². The number of carboxylic acids is 1. The highest BCUT2D eigenvalue weighted by molar-refractivity contribution is 9.10. The number of benzene rings is 1. The fourth-order valence-electron chi connectivity index (χ4n) is 1.46. The molecule has 0 radical (unpaired) electrons. The second kappa shape index (κ2) is 4.08. The van der Waals surface area contributed by atoms with Crippen LogP contribution < -0.4 is 4.72 Å². The van der Waals surface area contributed by atoms with Gasteiger partial charge < -0.3 is 5.11 Å². The minimum atomic E-state index is -3.81. The van der Waals surface area contributed by atoms with Crippen LogP contribution in [0.5, 0.6) is 0 Å². The lowest BCUT2D eigenvalue weighted by molar-refractivity contribution is -0.140. The Morgan fingerprint density at radius 2 is 1.94 bits per heavy atom. The number of hydrogen-bond acceptors (Lipinski definition) is 3. The Kier molecular flexibility index (Phi) is 3.01. The molecule has 0 aliphatic heterocycles. The van der Waals surface area contributed by atoms with Gasteiger partial charge in [-0.1, -0.05) is 12.1 Å². The summed E-state index contributed by atoms with van der Waals surface area (Å²) in [5, 5.41) is 8.94. The average Bonchev–Trinajstić information content (AvgIpc) is 2.98. The Labute approximate surface area is 107 Å². The summed E-state index contributed by atoms with van der Waals surface area (Å²) in [5.74, 6) is -1.13. The van der Waals surface area contributed by atoms with E-state index < -0.39 is 21.5 Å². The molecule has 2 rings (SSSR count). The summed E-state index contributed by atoms with van der Waals surface area (Å²) < 4.78 is 26.7. The maximum atomic E-state index is 12.0. The molecule has 1 fully saturated rings. The third-order valence-electron chi connectivity index (χ3n) is 2.62. The van der Waals surface area contributed by atoms with E-state index in [-0.39, 0.29) is 4.90 Å². The fraction of sp³-hybridized carbons (Fsp3) is 0.300. The predicted molar refractivity (Wildman–Crippen MR) is 64.1 cm³/mol. The van der Waals surface area contributed by atoms with E-state index in [4.69, 9.17) is 5.11 Å². The van der Waals surface area contributed by atoms with Crippen LogP contribution in [0.1, 0.15) is 12.8 Å². The van der Waals surface area contributed by atoms with Gasteiger partial charge in [-0.05, 0) is 40.9 Å². The van der Waals surface area contributed by atoms with E-state index in [1.807, 2.05) is 0 Å². The third kappa shape index (κ3) is 2.36. The molecule has 0 saturated heterocycles. The van der Waals surface area contributed by atoms with Crippen LogP contribution in [0.25, 0.3) is 0 Å². The van der Waals surface area contributed by atoms with E-state index in [1.54, 1.807) is 18.2 Å². The Bertz CT molecular complexity index is 565. The van der Waals surface area contributed by atoms with Gasteiger partial charge >= 0.3 is 5.97 Å². The van der Waals surface area contributed by atoms with Crippen LogP contribution in [0.15, 0.2) is 33.6 Å². The van der Waals surface area contributed by atoms with Gasteiger partial charge in [-0.25, -0.2) is 8.42 Å². The number of halogens is 1. The Morgan fingerprint density at radius 3 is 2.41 bits per heavy atom. The van der Waals surface area contributed by atoms with Crippen molar-refractivity contribution >= 4 is 31.9 Å². The Hall–Kier alpha value is -0.920. The van der Waals surface area contributed by atoms with Crippen molar-refractivity contribution in [1.29, 1.82) is 0 Å². The molecule has 7 heteroatoms. The van der Waals surface area contributed by atoms with Crippen molar-refractivity contribution in [3.63, 3.8) is 0 Å². The molecule has 1 saturated carbocycles.